The molecule has 4 nitrogen and oxygen atoms in total. The van der Waals surface area contributed by atoms with Crippen LogP contribution in [-0.4, -0.2) is 24.7 Å². The molecule has 1 aliphatic carbocycles. The number of allylic oxidation sites excluding steroid dienone is 1. The molecule has 1 unspecified atom stereocenters. The third-order valence-corrected chi connectivity index (χ3v) is 8.53. The van der Waals surface area contributed by atoms with Crippen molar-refractivity contribution in [1.82, 2.24) is 0 Å². The van der Waals surface area contributed by atoms with Gasteiger partial charge in [0.15, 0.2) is 0 Å². The first-order chi connectivity index (χ1) is 17.6. The lowest BCUT2D eigenvalue weighted by Crippen LogP contribution is -2.41. The number of unbranched alkanes of at least 4 members (excludes halogenated alkanes) is 4. The third-order valence-electron chi connectivity index (χ3n) is 8.53. The van der Waals surface area contributed by atoms with Gasteiger partial charge in [0.2, 0.25) is 0 Å². The van der Waals surface area contributed by atoms with Gasteiger partial charge in [0, 0.05) is 0 Å². The van der Waals surface area contributed by atoms with Gasteiger partial charge in [-0.1, -0.05) is 96.7 Å². The van der Waals surface area contributed by atoms with Gasteiger partial charge < -0.3 is 15.6 Å². The van der Waals surface area contributed by atoms with Gasteiger partial charge >= 0.3 is 5.97 Å². The van der Waals surface area contributed by atoms with Crippen LogP contribution in [0.4, 0.5) is 0 Å². The second-order valence-corrected chi connectivity index (χ2v) is 11.8. The monoisotopic (exact) mass is 513 g/mol. The van der Waals surface area contributed by atoms with Crippen LogP contribution < -0.4 is 5.73 Å². The van der Waals surface area contributed by atoms with Crippen molar-refractivity contribution in [2.45, 2.75) is 111 Å². The number of rotatable bonds is 13. The van der Waals surface area contributed by atoms with Gasteiger partial charge in [-0.05, 0) is 87.0 Å². The highest BCUT2D eigenvalue weighted by atomic mass is 16.5. The number of ether oxygens (including phenoxy) is 1. The average Bonchev–Trinajstić information content (AvgIpc) is 2.89. The summed E-state index contributed by atoms with van der Waals surface area (Å²) in [5, 5.41) is 9.20. The first kappa shape index (κ1) is 33.0. The molecule has 0 spiro atoms. The molecule has 0 heterocycles. The molecule has 37 heavy (non-hydrogen) atoms. The fraction of sp³-hybridized carbons (Fsp3) is 0.667. The summed E-state index contributed by atoms with van der Waals surface area (Å²) >= 11 is 0. The summed E-state index contributed by atoms with van der Waals surface area (Å²) in [6, 6.07) is 8.76. The molecule has 0 aliphatic heterocycles. The van der Waals surface area contributed by atoms with Gasteiger partial charge in [-0.2, -0.15) is 0 Å². The van der Waals surface area contributed by atoms with E-state index >= 15 is 0 Å². The molecule has 1 saturated carbocycles. The zero-order valence-corrected chi connectivity index (χ0v) is 24.7. The lowest BCUT2D eigenvalue weighted by Gasteiger charge is -2.38. The molecular weight excluding hydrogens is 458 g/mol. The second-order valence-electron chi connectivity index (χ2n) is 11.8. The molecule has 210 valence electrons. The van der Waals surface area contributed by atoms with Gasteiger partial charge in [-0.3, -0.25) is 4.79 Å². The van der Waals surface area contributed by atoms with Crippen LogP contribution in [0.3, 0.4) is 0 Å². The quantitative estimate of drug-likeness (QED) is 0.119. The SMILES string of the molecule is C=C(O)/C=C/c1ccc(C2CCC(CCCCCCCOC(=O)C(C)(CC)C(C)(C)C)CC2)cc1.CN. The zero-order chi connectivity index (χ0) is 27.9. The van der Waals surface area contributed by atoms with Crippen LogP contribution >= 0.6 is 0 Å². The number of carbonyl (C=O) groups is 1. The summed E-state index contributed by atoms with van der Waals surface area (Å²) in [7, 11) is 1.50. The minimum absolute atomic E-state index is 0.0381. The minimum Gasteiger partial charge on any atom is -0.509 e. The van der Waals surface area contributed by atoms with Crippen molar-refractivity contribution in [2.75, 3.05) is 13.7 Å². The number of hydrogen-bond donors (Lipinski definition) is 2. The summed E-state index contributed by atoms with van der Waals surface area (Å²) in [6.07, 6.45) is 16.9. The number of nitrogens with two attached hydrogens (primary N) is 1. The fourth-order valence-electron chi connectivity index (χ4n) is 5.23. The van der Waals surface area contributed by atoms with E-state index in [-0.39, 0.29) is 17.1 Å². The molecule has 1 atom stereocenters. The molecule has 3 N–H and O–H groups in total. The largest absolute Gasteiger partial charge is 0.509 e. The van der Waals surface area contributed by atoms with Gasteiger partial charge in [-0.15, -0.1) is 0 Å². The van der Waals surface area contributed by atoms with Gasteiger partial charge in [-0.25, -0.2) is 0 Å². The predicted octanol–water partition coefficient (Wildman–Crippen LogP) is 8.97. The fourth-order valence-corrected chi connectivity index (χ4v) is 5.23. The highest BCUT2D eigenvalue weighted by Crippen LogP contribution is 2.42. The molecule has 0 saturated heterocycles. The van der Waals surface area contributed by atoms with Gasteiger partial charge in [0.25, 0.3) is 0 Å². The zero-order valence-electron chi connectivity index (χ0n) is 24.7. The van der Waals surface area contributed by atoms with Gasteiger partial charge in [0.05, 0.1) is 12.0 Å². The van der Waals surface area contributed by atoms with Crippen molar-refractivity contribution in [2.24, 2.45) is 22.5 Å². The topological polar surface area (TPSA) is 72.5 Å². The Labute approximate surface area is 227 Å². The van der Waals surface area contributed by atoms with Crippen molar-refractivity contribution in [3.05, 3.63) is 53.8 Å². The third kappa shape index (κ3) is 11.1. The van der Waals surface area contributed by atoms with Crippen LogP contribution in [0.1, 0.15) is 122 Å². The van der Waals surface area contributed by atoms with E-state index in [1.165, 1.54) is 64.0 Å². The van der Waals surface area contributed by atoms with E-state index in [1.54, 1.807) is 6.08 Å². The molecule has 2 rings (SSSR count). The van der Waals surface area contributed by atoms with Crippen molar-refractivity contribution in [3.8, 4) is 0 Å². The van der Waals surface area contributed by atoms with Crippen molar-refractivity contribution < 1.29 is 14.6 Å². The Morgan fingerprint density at radius 3 is 2.11 bits per heavy atom. The molecule has 1 aliphatic rings. The molecular formula is C33H55NO3. The van der Waals surface area contributed by atoms with E-state index in [4.69, 9.17) is 4.74 Å². The molecule has 1 aromatic rings. The van der Waals surface area contributed by atoms with Crippen molar-refractivity contribution in [3.63, 3.8) is 0 Å². The number of aliphatic hydroxyl groups excluding tert-OH is 1. The number of hydrogen-bond acceptors (Lipinski definition) is 4. The Bertz CT molecular complexity index is 813. The first-order valence-electron chi connectivity index (χ1n) is 14.5. The van der Waals surface area contributed by atoms with Crippen LogP contribution in [-0.2, 0) is 9.53 Å². The Hall–Kier alpha value is -2.07. The number of benzene rings is 1. The van der Waals surface area contributed by atoms with Crippen molar-refractivity contribution in [1.29, 1.82) is 0 Å². The molecule has 0 amide bonds. The lowest BCUT2D eigenvalue weighted by molar-refractivity contribution is -0.162. The molecule has 0 bridgehead atoms. The lowest BCUT2D eigenvalue weighted by atomic mass is 9.66. The first-order valence-corrected chi connectivity index (χ1v) is 14.5. The smallest absolute Gasteiger partial charge is 0.312 e. The predicted molar refractivity (Wildman–Crippen MR) is 159 cm³/mol. The minimum atomic E-state index is -0.414. The maximum Gasteiger partial charge on any atom is 0.312 e. The van der Waals surface area contributed by atoms with E-state index in [0.29, 0.717) is 12.5 Å². The number of esters is 1. The van der Waals surface area contributed by atoms with E-state index in [9.17, 15) is 9.90 Å². The summed E-state index contributed by atoms with van der Waals surface area (Å²) in [5.41, 5.74) is 6.55. The highest BCUT2D eigenvalue weighted by Gasteiger charge is 2.43. The summed E-state index contributed by atoms with van der Waals surface area (Å²) in [4.78, 5) is 12.6. The maximum atomic E-state index is 12.6. The molecule has 0 aromatic heterocycles. The Morgan fingerprint density at radius 2 is 1.57 bits per heavy atom. The highest BCUT2D eigenvalue weighted by molar-refractivity contribution is 5.77. The molecule has 1 fully saturated rings. The summed E-state index contributed by atoms with van der Waals surface area (Å²) in [5.74, 6) is 1.62. The average molecular weight is 514 g/mol. The van der Waals surface area contributed by atoms with E-state index < -0.39 is 5.41 Å². The Morgan fingerprint density at radius 1 is 1.00 bits per heavy atom. The van der Waals surface area contributed by atoms with Crippen molar-refractivity contribution >= 4 is 12.0 Å². The number of carbonyl (C=O) groups excluding carboxylic acids is 1. The second kappa shape index (κ2) is 16.7. The van der Waals surface area contributed by atoms with Crippen LogP contribution in [0.2, 0.25) is 0 Å². The normalized spacial score (nSPS) is 19.5. The molecule has 1 aromatic carbocycles. The van der Waals surface area contributed by atoms with Crippen LogP contribution in [0.5, 0.6) is 0 Å². The summed E-state index contributed by atoms with van der Waals surface area (Å²) < 4.78 is 5.65. The van der Waals surface area contributed by atoms with Crippen LogP contribution in [0.25, 0.3) is 6.08 Å². The Kier molecular flexibility index (Phi) is 14.9. The van der Waals surface area contributed by atoms with Gasteiger partial charge in [0.1, 0.15) is 5.76 Å². The van der Waals surface area contributed by atoms with Crippen LogP contribution in [0, 0.1) is 16.7 Å². The van der Waals surface area contributed by atoms with E-state index in [1.807, 2.05) is 13.0 Å². The van der Waals surface area contributed by atoms with E-state index in [2.05, 4.69) is 64.3 Å². The molecule has 4 heteroatoms. The summed E-state index contributed by atoms with van der Waals surface area (Å²) in [6.45, 7) is 14.5. The van der Waals surface area contributed by atoms with Crippen LogP contribution in [0.15, 0.2) is 42.7 Å². The number of aliphatic hydroxyl groups is 1. The Balaban J connectivity index is 0.00000334. The van der Waals surface area contributed by atoms with E-state index in [0.717, 1.165) is 30.7 Å². The molecule has 0 radical (unpaired) electrons. The standard InChI is InChI=1S/C32H50O3.CH5N/c1-7-32(6,31(3,4)5)30(34)35-24-12-10-8-9-11-13-26-16-20-28(21-17-26)29-22-18-27(19-23-29)15-14-25(2)33;1-2/h14-15,18-19,22-23,26,28,33H,2,7-13,16-17,20-21,24H2,1,3-6H3;2H2,1H3/b15-14+;. The maximum absolute atomic E-state index is 12.6.